The summed E-state index contributed by atoms with van der Waals surface area (Å²) in [5.41, 5.74) is 0.727. The van der Waals surface area contributed by atoms with Crippen molar-refractivity contribution in [3.05, 3.63) is 34.6 Å². The van der Waals surface area contributed by atoms with Crippen LogP contribution >= 0.6 is 0 Å². The van der Waals surface area contributed by atoms with Gasteiger partial charge in [-0.25, -0.2) is 4.39 Å². The molecule has 0 N–H and O–H groups in total. The largest absolute Gasteiger partial charge is 0.370 e. The quantitative estimate of drug-likeness (QED) is 0.744. The zero-order valence-corrected chi connectivity index (χ0v) is 11.8. The lowest BCUT2D eigenvalue weighted by molar-refractivity contribution is -0.00298. The van der Waals surface area contributed by atoms with Gasteiger partial charge in [0, 0.05) is 7.11 Å². The van der Waals surface area contributed by atoms with Crippen LogP contribution in [-0.2, 0) is 4.74 Å². The van der Waals surface area contributed by atoms with E-state index < -0.39 is 11.4 Å². The smallest absolute Gasteiger partial charge is 0.197 e. The van der Waals surface area contributed by atoms with Gasteiger partial charge in [-0.3, -0.25) is 4.79 Å². The Hall–Kier alpha value is -1.22. The molecule has 3 heteroatoms. The molecule has 18 heavy (non-hydrogen) atoms. The molecule has 0 aromatic heterocycles. The maximum absolute atomic E-state index is 14.0. The normalized spacial score (nSPS) is 11.7. The summed E-state index contributed by atoms with van der Waals surface area (Å²) >= 11 is 0. The fourth-order valence-electron chi connectivity index (χ4n) is 2.38. The van der Waals surface area contributed by atoms with Crippen LogP contribution in [0.3, 0.4) is 0 Å². The Morgan fingerprint density at radius 3 is 2.22 bits per heavy atom. The van der Waals surface area contributed by atoms with E-state index in [1.807, 2.05) is 26.8 Å². The first-order chi connectivity index (χ1) is 8.41. The summed E-state index contributed by atoms with van der Waals surface area (Å²) in [5, 5.41) is 0. The van der Waals surface area contributed by atoms with Gasteiger partial charge >= 0.3 is 0 Å². The highest BCUT2D eigenvalue weighted by molar-refractivity contribution is 6.03. The van der Waals surface area contributed by atoms with E-state index in [-0.39, 0.29) is 11.3 Å². The molecule has 0 unspecified atom stereocenters. The molecular formula is C15H21FO2. The lowest BCUT2D eigenvalue weighted by atomic mass is 9.85. The summed E-state index contributed by atoms with van der Waals surface area (Å²) < 4.78 is 19.4. The van der Waals surface area contributed by atoms with Crippen molar-refractivity contribution in [2.75, 3.05) is 7.11 Å². The topological polar surface area (TPSA) is 26.3 Å². The highest BCUT2D eigenvalue weighted by atomic mass is 19.1. The number of carbonyl (C=O) groups excluding carboxylic acids is 1. The van der Waals surface area contributed by atoms with Crippen LogP contribution in [-0.4, -0.2) is 18.5 Å². The first kappa shape index (κ1) is 14.8. The molecular weight excluding hydrogens is 231 g/mol. The van der Waals surface area contributed by atoms with Crippen LogP contribution in [0.2, 0.25) is 0 Å². The van der Waals surface area contributed by atoms with Crippen molar-refractivity contribution >= 4 is 5.78 Å². The van der Waals surface area contributed by atoms with Gasteiger partial charge in [-0.15, -0.1) is 0 Å². The second-order valence-electron chi connectivity index (χ2n) is 4.67. The third kappa shape index (κ3) is 2.46. The van der Waals surface area contributed by atoms with Crippen LogP contribution in [0.25, 0.3) is 0 Å². The second-order valence-corrected chi connectivity index (χ2v) is 4.67. The number of aryl methyl sites for hydroxylation is 2. The molecule has 0 aliphatic heterocycles. The Labute approximate surface area is 108 Å². The molecule has 0 saturated heterocycles. The standard InChI is InChI=1S/C15H21FO2/c1-6-15(7-2,18-5)14(17)13-11(4)8-10(3)9-12(13)16/h8-9H,6-7H2,1-5H3. The van der Waals surface area contributed by atoms with E-state index in [4.69, 9.17) is 4.74 Å². The molecule has 1 aromatic rings. The van der Waals surface area contributed by atoms with Crippen LogP contribution in [0.1, 0.15) is 48.2 Å². The highest BCUT2D eigenvalue weighted by Gasteiger charge is 2.37. The van der Waals surface area contributed by atoms with Crippen molar-refractivity contribution < 1.29 is 13.9 Å². The average Bonchev–Trinajstić information content (AvgIpc) is 2.30. The Morgan fingerprint density at radius 2 is 1.83 bits per heavy atom. The van der Waals surface area contributed by atoms with Gasteiger partial charge < -0.3 is 4.74 Å². The summed E-state index contributed by atoms with van der Waals surface area (Å²) in [6, 6.07) is 3.22. The molecule has 0 fully saturated rings. The SMILES string of the molecule is CCC(CC)(OC)C(=O)c1c(C)cc(C)cc1F. The van der Waals surface area contributed by atoms with E-state index in [1.54, 1.807) is 6.92 Å². The zero-order chi connectivity index (χ0) is 13.9. The maximum Gasteiger partial charge on any atom is 0.197 e. The number of carbonyl (C=O) groups is 1. The van der Waals surface area contributed by atoms with Gasteiger partial charge in [0.1, 0.15) is 11.4 Å². The monoisotopic (exact) mass is 252 g/mol. The highest BCUT2D eigenvalue weighted by Crippen LogP contribution is 2.28. The van der Waals surface area contributed by atoms with Gasteiger partial charge in [0.05, 0.1) is 5.56 Å². The van der Waals surface area contributed by atoms with Crippen LogP contribution in [0.4, 0.5) is 4.39 Å². The van der Waals surface area contributed by atoms with Crippen molar-refractivity contribution in [2.24, 2.45) is 0 Å². The molecule has 0 atom stereocenters. The summed E-state index contributed by atoms with van der Waals surface area (Å²) in [6.45, 7) is 7.33. The molecule has 0 bridgehead atoms. The number of rotatable bonds is 5. The number of hydrogen-bond acceptors (Lipinski definition) is 2. The maximum atomic E-state index is 14.0. The lowest BCUT2D eigenvalue weighted by Gasteiger charge is -2.29. The minimum atomic E-state index is -0.916. The van der Waals surface area contributed by atoms with Gasteiger partial charge in [-0.05, 0) is 43.9 Å². The Balaban J connectivity index is 3.34. The lowest BCUT2D eigenvalue weighted by Crippen LogP contribution is -2.40. The van der Waals surface area contributed by atoms with Crippen LogP contribution in [0, 0.1) is 19.7 Å². The van der Waals surface area contributed by atoms with Crippen LogP contribution in [0.5, 0.6) is 0 Å². The fourth-order valence-corrected chi connectivity index (χ4v) is 2.38. The molecule has 0 radical (unpaired) electrons. The minimum Gasteiger partial charge on any atom is -0.370 e. The Morgan fingerprint density at radius 1 is 1.28 bits per heavy atom. The first-order valence-corrected chi connectivity index (χ1v) is 6.28. The molecule has 100 valence electrons. The van der Waals surface area contributed by atoms with Gasteiger partial charge in [0.25, 0.3) is 0 Å². The average molecular weight is 252 g/mol. The molecule has 0 spiro atoms. The van der Waals surface area contributed by atoms with Crippen molar-refractivity contribution in [1.29, 1.82) is 0 Å². The zero-order valence-electron chi connectivity index (χ0n) is 11.8. The fraction of sp³-hybridized carbons (Fsp3) is 0.533. The van der Waals surface area contributed by atoms with E-state index in [9.17, 15) is 9.18 Å². The molecule has 0 amide bonds. The number of Topliss-reactive ketones (excluding diaryl/α,β-unsaturated/α-hetero) is 1. The number of methoxy groups -OCH3 is 1. The summed E-state index contributed by atoms with van der Waals surface area (Å²) in [5.74, 6) is -0.717. The summed E-state index contributed by atoms with van der Waals surface area (Å²) in [6.07, 6.45) is 1.07. The number of halogens is 1. The van der Waals surface area contributed by atoms with E-state index >= 15 is 0 Å². The van der Waals surface area contributed by atoms with Crippen LogP contribution < -0.4 is 0 Å². The van der Waals surface area contributed by atoms with E-state index in [1.165, 1.54) is 13.2 Å². The Kier molecular flexibility index (Phi) is 4.63. The third-order valence-electron chi connectivity index (χ3n) is 3.61. The van der Waals surface area contributed by atoms with Crippen molar-refractivity contribution in [3.8, 4) is 0 Å². The summed E-state index contributed by atoms with van der Waals surface area (Å²) in [4.78, 5) is 12.5. The van der Waals surface area contributed by atoms with Gasteiger partial charge in [-0.1, -0.05) is 19.9 Å². The molecule has 0 aliphatic carbocycles. The van der Waals surface area contributed by atoms with Crippen LogP contribution in [0.15, 0.2) is 12.1 Å². The van der Waals surface area contributed by atoms with Crippen molar-refractivity contribution in [2.45, 2.75) is 46.1 Å². The van der Waals surface area contributed by atoms with E-state index in [2.05, 4.69) is 0 Å². The van der Waals surface area contributed by atoms with Gasteiger partial charge in [0.2, 0.25) is 0 Å². The molecule has 1 rings (SSSR count). The Bertz CT molecular complexity index is 417. The summed E-state index contributed by atoms with van der Waals surface area (Å²) in [7, 11) is 1.51. The molecule has 0 aliphatic rings. The number of ketones is 1. The molecule has 1 aromatic carbocycles. The van der Waals surface area contributed by atoms with E-state index in [0.29, 0.717) is 18.4 Å². The predicted octanol–water partition coefficient (Wildman–Crippen LogP) is 3.83. The predicted molar refractivity (Wildman–Crippen MR) is 70.5 cm³/mol. The van der Waals surface area contributed by atoms with Gasteiger partial charge in [-0.2, -0.15) is 0 Å². The number of benzene rings is 1. The molecule has 2 nitrogen and oxygen atoms in total. The second kappa shape index (κ2) is 5.61. The minimum absolute atomic E-state index is 0.158. The molecule has 0 saturated carbocycles. The van der Waals surface area contributed by atoms with Crippen molar-refractivity contribution in [3.63, 3.8) is 0 Å². The van der Waals surface area contributed by atoms with Crippen molar-refractivity contribution in [1.82, 2.24) is 0 Å². The first-order valence-electron chi connectivity index (χ1n) is 6.28. The number of hydrogen-bond donors (Lipinski definition) is 0. The third-order valence-corrected chi connectivity index (χ3v) is 3.61. The van der Waals surface area contributed by atoms with E-state index in [0.717, 1.165) is 5.56 Å². The number of ether oxygens (including phenoxy) is 1. The van der Waals surface area contributed by atoms with Gasteiger partial charge in [0.15, 0.2) is 5.78 Å². The molecule has 0 heterocycles.